The summed E-state index contributed by atoms with van der Waals surface area (Å²) >= 11 is 0. The smallest absolute Gasteiger partial charge is 0.0404 e. The number of hydrogen-bond acceptors (Lipinski definition) is 2. The zero-order valence-corrected chi connectivity index (χ0v) is 18.6. The maximum absolute atomic E-state index is 2.73. The first-order valence-electron chi connectivity index (χ1n) is 11.0. The fourth-order valence-electron chi connectivity index (χ4n) is 5.48. The van der Waals surface area contributed by atoms with Gasteiger partial charge in [-0.1, -0.05) is 39.0 Å². The van der Waals surface area contributed by atoms with Crippen LogP contribution in [-0.4, -0.2) is 36.6 Å². The Kier molecular flexibility index (Phi) is 6.48. The number of rotatable bonds is 3. The van der Waals surface area contributed by atoms with E-state index >= 15 is 0 Å². The molecule has 0 bridgehead atoms. The lowest BCUT2D eigenvalue weighted by Gasteiger charge is -2.43. The Morgan fingerprint density at radius 3 is 2.15 bits per heavy atom. The normalized spacial score (nSPS) is 30.1. The third kappa shape index (κ3) is 4.65. The van der Waals surface area contributed by atoms with Gasteiger partial charge in [-0.2, -0.15) is 0 Å². The average Bonchev–Trinajstić information content (AvgIpc) is 3.46. The minimum atomic E-state index is 0. The van der Waals surface area contributed by atoms with Crippen LogP contribution in [0.2, 0.25) is 0 Å². The summed E-state index contributed by atoms with van der Waals surface area (Å²) in [6, 6.07) is 10.9. The zero-order chi connectivity index (χ0) is 18.3. The first-order chi connectivity index (χ1) is 12.4. The fourth-order valence-corrected chi connectivity index (χ4v) is 5.48. The second kappa shape index (κ2) is 8.33. The molecule has 2 nitrogen and oxygen atoms in total. The minimum Gasteiger partial charge on any atom is -0.366 e. The Labute approximate surface area is 173 Å². The second-order valence-electron chi connectivity index (χ2n) is 10.2. The molecule has 152 valence electrons. The second-order valence-corrected chi connectivity index (χ2v) is 10.2. The number of halogens is 1. The summed E-state index contributed by atoms with van der Waals surface area (Å²) in [5.41, 5.74) is 3.64. The summed E-state index contributed by atoms with van der Waals surface area (Å²) < 4.78 is 0. The van der Waals surface area contributed by atoms with Crippen molar-refractivity contribution in [1.29, 1.82) is 0 Å². The van der Waals surface area contributed by atoms with E-state index in [0.29, 0.717) is 11.5 Å². The van der Waals surface area contributed by atoms with Gasteiger partial charge in [0, 0.05) is 37.4 Å². The van der Waals surface area contributed by atoms with Gasteiger partial charge in [-0.3, -0.25) is 4.90 Å². The number of anilines is 1. The van der Waals surface area contributed by atoms with Crippen molar-refractivity contribution in [3.63, 3.8) is 0 Å². The molecular weight excluding hydrogens is 352 g/mol. The van der Waals surface area contributed by atoms with E-state index in [1.165, 1.54) is 63.8 Å². The third-order valence-electron chi connectivity index (χ3n) is 7.36. The largest absolute Gasteiger partial charge is 0.366 e. The molecule has 1 aliphatic heterocycles. The zero-order valence-electron chi connectivity index (χ0n) is 17.8. The highest BCUT2D eigenvalue weighted by Gasteiger charge is 2.36. The molecule has 0 aromatic heterocycles. The van der Waals surface area contributed by atoms with Crippen molar-refractivity contribution < 1.29 is 0 Å². The van der Waals surface area contributed by atoms with Gasteiger partial charge >= 0.3 is 0 Å². The van der Waals surface area contributed by atoms with Crippen molar-refractivity contribution in [2.45, 2.75) is 84.2 Å². The summed E-state index contributed by atoms with van der Waals surface area (Å²) in [5.74, 6) is 1.66. The number of nitrogens with zero attached hydrogens (tertiary/aromatic N) is 2. The Morgan fingerprint density at radius 1 is 0.889 bits per heavy atom. The first kappa shape index (κ1) is 21.0. The van der Waals surface area contributed by atoms with Gasteiger partial charge < -0.3 is 4.90 Å². The van der Waals surface area contributed by atoms with Gasteiger partial charge in [-0.15, -0.1) is 12.4 Å². The lowest BCUT2D eigenvalue weighted by molar-refractivity contribution is 0.169. The molecule has 1 aromatic rings. The molecule has 1 saturated heterocycles. The number of hydrogen-bond donors (Lipinski definition) is 0. The third-order valence-corrected chi connectivity index (χ3v) is 7.36. The highest BCUT2D eigenvalue weighted by Crippen LogP contribution is 2.45. The molecule has 4 rings (SSSR count). The Balaban J connectivity index is 0.00000210. The number of para-hydroxylation sites is 1. The van der Waals surface area contributed by atoms with E-state index in [2.05, 4.69) is 61.8 Å². The highest BCUT2D eigenvalue weighted by atomic mass is 35.5. The minimum absolute atomic E-state index is 0. The van der Waals surface area contributed by atoms with Gasteiger partial charge in [0.2, 0.25) is 0 Å². The van der Waals surface area contributed by atoms with Crippen molar-refractivity contribution in [1.82, 2.24) is 4.90 Å². The summed E-state index contributed by atoms with van der Waals surface area (Å²) in [4.78, 5) is 5.45. The standard InChI is InChI=1S/C24H38N2.ClH/c1-18-17-25(21-13-14-21)15-16-26(18)23-8-6-5-7-22(23)19-9-11-20(12-10-19)24(2,3)4;/h5-8,18-21H,9-17H2,1-4H3;1H. The van der Waals surface area contributed by atoms with Crippen LogP contribution in [0.3, 0.4) is 0 Å². The van der Waals surface area contributed by atoms with Crippen molar-refractivity contribution in [3.05, 3.63) is 29.8 Å². The van der Waals surface area contributed by atoms with E-state index < -0.39 is 0 Å². The van der Waals surface area contributed by atoms with E-state index in [4.69, 9.17) is 0 Å². The molecule has 3 fully saturated rings. The first-order valence-corrected chi connectivity index (χ1v) is 11.0. The molecule has 2 aliphatic carbocycles. The van der Waals surface area contributed by atoms with Crippen LogP contribution in [0.4, 0.5) is 5.69 Å². The Bertz CT molecular complexity index is 611. The molecule has 1 atom stereocenters. The van der Waals surface area contributed by atoms with E-state index in [1.54, 1.807) is 5.56 Å². The van der Waals surface area contributed by atoms with Gasteiger partial charge in [-0.05, 0) is 74.3 Å². The van der Waals surface area contributed by atoms with Crippen LogP contribution < -0.4 is 4.90 Å². The Morgan fingerprint density at radius 2 is 1.56 bits per heavy atom. The average molecular weight is 391 g/mol. The van der Waals surface area contributed by atoms with Crippen LogP contribution >= 0.6 is 12.4 Å². The topological polar surface area (TPSA) is 6.48 Å². The molecule has 2 saturated carbocycles. The van der Waals surface area contributed by atoms with Crippen LogP contribution in [0.1, 0.15) is 77.7 Å². The molecule has 27 heavy (non-hydrogen) atoms. The molecule has 0 spiro atoms. The maximum Gasteiger partial charge on any atom is 0.0404 e. The van der Waals surface area contributed by atoms with E-state index in [9.17, 15) is 0 Å². The molecule has 0 amide bonds. The summed E-state index contributed by atoms with van der Waals surface area (Å²) in [5, 5.41) is 0. The van der Waals surface area contributed by atoms with Crippen LogP contribution in [0.5, 0.6) is 0 Å². The van der Waals surface area contributed by atoms with Gasteiger partial charge in [0.15, 0.2) is 0 Å². The summed E-state index contributed by atoms with van der Waals surface area (Å²) in [6.07, 6.45) is 8.40. The predicted molar refractivity (Wildman–Crippen MR) is 119 cm³/mol. The monoisotopic (exact) mass is 390 g/mol. The Hall–Kier alpha value is -0.730. The highest BCUT2D eigenvalue weighted by molar-refractivity contribution is 5.85. The van der Waals surface area contributed by atoms with E-state index in [-0.39, 0.29) is 12.4 Å². The molecule has 1 aromatic carbocycles. The van der Waals surface area contributed by atoms with E-state index in [1.807, 2.05) is 0 Å². The predicted octanol–water partition coefficient (Wildman–Crippen LogP) is 6.10. The van der Waals surface area contributed by atoms with Gasteiger partial charge in [0.1, 0.15) is 0 Å². The molecule has 0 N–H and O–H groups in total. The van der Waals surface area contributed by atoms with Crippen LogP contribution in [0.15, 0.2) is 24.3 Å². The van der Waals surface area contributed by atoms with Crippen molar-refractivity contribution >= 4 is 18.1 Å². The van der Waals surface area contributed by atoms with Gasteiger partial charge in [0.25, 0.3) is 0 Å². The van der Waals surface area contributed by atoms with E-state index in [0.717, 1.165) is 17.9 Å². The van der Waals surface area contributed by atoms with Crippen molar-refractivity contribution in [2.75, 3.05) is 24.5 Å². The van der Waals surface area contributed by atoms with Crippen LogP contribution in [-0.2, 0) is 0 Å². The molecule has 3 aliphatic rings. The summed E-state index contributed by atoms with van der Waals surface area (Å²) in [7, 11) is 0. The number of benzene rings is 1. The lowest BCUT2D eigenvalue weighted by Crippen LogP contribution is -2.53. The maximum atomic E-state index is 2.73. The van der Waals surface area contributed by atoms with Gasteiger partial charge in [-0.25, -0.2) is 0 Å². The lowest BCUT2D eigenvalue weighted by atomic mass is 9.68. The summed E-state index contributed by atoms with van der Waals surface area (Å²) in [6.45, 7) is 13.4. The van der Waals surface area contributed by atoms with Crippen molar-refractivity contribution in [2.24, 2.45) is 11.3 Å². The van der Waals surface area contributed by atoms with Gasteiger partial charge in [0.05, 0.1) is 0 Å². The number of piperazine rings is 1. The molecule has 1 heterocycles. The molecule has 3 heteroatoms. The quantitative estimate of drug-likeness (QED) is 0.615. The molecule has 1 unspecified atom stereocenters. The van der Waals surface area contributed by atoms with Crippen LogP contribution in [0.25, 0.3) is 0 Å². The fraction of sp³-hybridized carbons (Fsp3) is 0.750. The van der Waals surface area contributed by atoms with Crippen molar-refractivity contribution in [3.8, 4) is 0 Å². The molecule has 0 radical (unpaired) electrons. The SMILES string of the molecule is CC1CN(C2CC2)CCN1c1ccccc1C1CCC(C(C)(C)C)CC1.Cl. The van der Waals surface area contributed by atoms with Crippen LogP contribution in [0, 0.1) is 11.3 Å². The molecular formula is C24H39ClN2.